The Morgan fingerprint density at radius 1 is 1.24 bits per heavy atom. The third kappa shape index (κ3) is 3.01. The monoisotopic (exact) mass is 271 g/mol. The summed E-state index contributed by atoms with van der Waals surface area (Å²) >= 11 is 11.7. The van der Waals surface area contributed by atoms with Crippen LogP contribution in [0.3, 0.4) is 0 Å². The largest absolute Gasteiger partial charge is 0.328 e. The van der Waals surface area contributed by atoms with E-state index in [4.69, 9.17) is 28.9 Å². The molecule has 0 spiro atoms. The molecule has 2 rings (SSSR count). The molecule has 0 bridgehead atoms. The molecule has 1 aliphatic carbocycles. The maximum Gasteiger partial charge on any atom is 0.166 e. The van der Waals surface area contributed by atoms with Crippen molar-refractivity contribution in [1.29, 1.82) is 0 Å². The van der Waals surface area contributed by atoms with Gasteiger partial charge in [0.1, 0.15) is 0 Å². The molecule has 2 nitrogen and oxygen atoms in total. The van der Waals surface area contributed by atoms with Crippen LogP contribution in [0.25, 0.3) is 0 Å². The van der Waals surface area contributed by atoms with Gasteiger partial charge >= 0.3 is 0 Å². The number of rotatable bonds is 2. The maximum atomic E-state index is 12.3. The molecule has 1 aliphatic rings. The Balaban J connectivity index is 2.15. The van der Waals surface area contributed by atoms with Gasteiger partial charge in [-0.1, -0.05) is 29.6 Å². The summed E-state index contributed by atoms with van der Waals surface area (Å²) in [6, 6.07) is 5.20. The zero-order valence-corrected chi connectivity index (χ0v) is 11.0. The molecule has 0 saturated heterocycles. The van der Waals surface area contributed by atoms with Crippen molar-refractivity contribution in [3.63, 3.8) is 0 Å². The van der Waals surface area contributed by atoms with E-state index in [0.717, 1.165) is 25.7 Å². The predicted molar refractivity (Wildman–Crippen MR) is 70.7 cm³/mol. The highest BCUT2D eigenvalue weighted by Crippen LogP contribution is 2.29. The van der Waals surface area contributed by atoms with Gasteiger partial charge in [-0.25, -0.2) is 0 Å². The molecule has 2 atom stereocenters. The first-order chi connectivity index (χ1) is 8.08. The Bertz CT molecular complexity index is 433. The first-order valence-electron chi connectivity index (χ1n) is 5.83. The van der Waals surface area contributed by atoms with Crippen molar-refractivity contribution in [1.82, 2.24) is 0 Å². The average Bonchev–Trinajstić information content (AvgIpc) is 2.32. The van der Waals surface area contributed by atoms with Crippen LogP contribution in [0.4, 0.5) is 0 Å². The Morgan fingerprint density at radius 3 is 2.65 bits per heavy atom. The third-order valence-electron chi connectivity index (χ3n) is 3.29. The van der Waals surface area contributed by atoms with Gasteiger partial charge in [-0.3, -0.25) is 4.79 Å². The Morgan fingerprint density at radius 2 is 2.00 bits per heavy atom. The molecule has 1 saturated carbocycles. The average molecular weight is 272 g/mol. The van der Waals surface area contributed by atoms with Crippen LogP contribution in [0.15, 0.2) is 18.2 Å². The number of halogens is 2. The summed E-state index contributed by atoms with van der Waals surface area (Å²) in [6.45, 7) is 0. The molecule has 1 aromatic carbocycles. The minimum Gasteiger partial charge on any atom is -0.328 e. The van der Waals surface area contributed by atoms with Crippen molar-refractivity contribution < 1.29 is 4.79 Å². The predicted octanol–water partition coefficient (Wildman–Crippen LogP) is 3.69. The third-order valence-corrected chi connectivity index (χ3v) is 4.03. The second kappa shape index (κ2) is 5.38. The molecule has 0 aliphatic heterocycles. The fourth-order valence-corrected chi connectivity index (χ4v) is 2.65. The van der Waals surface area contributed by atoms with Crippen molar-refractivity contribution in [3.05, 3.63) is 33.8 Å². The minimum absolute atomic E-state index is 0.0380. The molecular weight excluding hydrogens is 257 g/mol. The number of carbonyl (C=O) groups is 1. The topological polar surface area (TPSA) is 43.1 Å². The Hall–Kier alpha value is -0.570. The van der Waals surface area contributed by atoms with Crippen LogP contribution in [0.5, 0.6) is 0 Å². The van der Waals surface area contributed by atoms with E-state index < -0.39 is 0 Å². The summed E-state index contributed by atoms with van der Waals surface area (Å²) in [5.74, 6) is 0.176. The molecule has 1 fully saturated rings. The normalized spacial score (nSPS) is 24.6. The fraction of sp³-hybridized carbons (Fsp3) is 0.462. The second-order valence-electron chi connectivity index (χ2n) is 4.62. The lowest BCUT2D eigenvalue weighted by molar-refractivity contribution is 0.0881. The molecule has 2 unspecified atom stereocenters. The van der Waals surface area contributed by atoms with Gasteiger partial charge < -0.3 is 5.73 Å². The Labute approximate surface area is 111 Å². The van der Waals surface area contributed by atoms with Crippen molar-refractivity contribution in [2.24, 2.45) is 11.7 Å². The van der Waals surface area contributed by atoms with E-state index in [9.17, 15) is 4.79 Å². The van der Waals surface area contributed by atoms with Gasteiger partial charge in [0, 0.05) is 17.5 Å². The number of benzene rings is 1. The van der Waals surface area contributed by atoms with Gasteiger partial charge in [0.2, 0.25) is 0 Å². The smallest absolute Gasteiger partial charge is 0.166 e. The van der Waals surface area contributed by atoms with E-state index in [2.05, 4.69) is 0 Å². The van der Waals surface area contributed by atoms with Crippen molar-refractivity contribution in [3.8, 4) is 0 Å². The molecule has 1 aromatic rings. The zero-order chi connectivity index (χ0) is 12.4. The molecular formula is C13H15Cl2NO. The van der Waals surface area contributed by atoms with Crippen LogP contribution in [-0.4, -0.2) is 11.8 Å². The lowest BCUT2D eigenvalue weighted by atomic mass is 9.81. The number of hydrogen-bond acceptors (Lipinski definition) is 2. The first-order valence-corrected chi connectivity index (χ1v) is 6.58. The summed E-state index contributed by atoms with van der Waals surface area (Å²) in [7, 11) is 0. The number of ketones is 1. The van der Waals surface area contributed by atoms with Gasteiger partial charge in [-0.2, -0.15) is 0 Å². The second-order valence-corrected chi connectivity index (χ2v) is 5.43. The highest BCUT2D eigenvalue weighted by Gasteiger charge is 2.26. The molecule has 17 heavy (non-hydrogen) atoms. The maximum absolute atomic E-state index is 12.3. The number of carbonyl (C=O) groups excluding carboxylic acids is 1. The van der Waals surface area contributed by atoms with Crippen LogP contribution in [-0.2, 0) is 0 Å². The van der Waals surface area contributed by atoms with Gasteiger partial charge in [-0.15, -0.1) is 0 Å². The van der Waals surface area contributed by atoms with E-state index >= 15 is 0 Å². The standard InChI is InChI=1S/C13H15Cl2NO/c14-11-5-4-9(7-12(11)15)13(17)8-2-1-3-10(16)6-8/h4-5,7-8,10H,1-3,6,16H2. The van der Waals surface area contributed by atoms with Crippen LogP contribution in [0, 0.1) is 5.92 Å². The highest BCUT2D eigenvalue weighted by atomic mass is 35.5. The zero-order valence-electron chi connectivity index (χ0n) is 9.46. The number of Topliss-reactive ketones (excluding diaryl/α,β-unsaturated/α-hetero) is 1. The van der Waals surface area contributed by atoms with Crippen LogP contribution < -0.4 is 5.73 Å². The highest BCUT2D eigenvalue weighted by molar-refractivity contribution is 6.42. The van der Waals surface area contributed by atoms with E-state index in [1.807, 2.05) is 0 Å². The molecule has 0 heterocycles. The van der Waals surface area contributed by atoms with Crippen LogP contribution in [0.1, 0.15) is 36.0 Å². The van der Waals surface area contributed by atoms with E-state index in [1.54, 1.807) is 18.2 Å². The quantitative estimate of drug-likeness (QED) is 0.834. The van der Waals surface area contributed by atoms with Gasteiger partial charge in [-0.05, 0) is 37.5 Å². The van der Waals surface area contributed by atoms with Crippen LogP contribution in [0.2, 0.25) is 10.0 Å². The van der Waals surface area contributed by atoms with Gasteiger partial charge in [0.25, 0.3) is 0 Å². The number of nitrogens with two attached hydrogens (primary N) is 1. The number of hydrogen-bond donors (Lipinski definition) is 1. The van der Waals surface area contributed by atoms with Gasteiger partial charge in [0.05, 0.1) is 10.0 Å². The first kappa shape index (κ1) is 12.9. The summed E-state index contributed by atoms with van der Waals surface area (Å²) in [5, 5.41) is 0.904. The molecule has 4 heteroatoms. The van der Waals surface area contributed by atoms with Crippen molar-refractivity contribution in [2.75, 3.05) is 0 Å². The molecule has 0 amide bonds. The molecule has 0 aromatic heterocycles. The molecule has 0 radical (unpaired) electrons. The van der Waals surface area contributed by atoms with E-state index in [1.165, 1.54) is 0 Å². The fourth-order valence-electron chi connectivity index (χ4n) is 2.35. The minimum atomic E-state index is 0.0380. The SMILES string of the molecule is NC1CCCC(C(=O)c2ccc(Cl)c(Cl)c2)C1. The van der Waals surface area contributed by atoms with Crippen LogP contribution >= 0.6 is 23.2 Å². The summed E-state index contributed by atoms with van der Waals surface area (Å²) < 4.78 is 0. The Kier molecular flexibility index (Phi) is 4.08. The summed E-state index contributed by atoms with van der Waals surface area (Å²) in [6.07, 6.45) is 3.75. The van der Waals surface area contributed by atoms with E-state index in [0.29, 0.717) is 15.6 Å². The lowest BCUT2D eigenvalue weighted by Crippen LogP contribution is -2.31. The van der Waals surface area contributed by atoms with Gasteiger partial charge in [0.15, 0.2) is 5.78 Å². The molecule has 92 valence electrons. The summed E-state index contributed by atoms with van der Waals surface area (Å²) in [5.41, 5.74) is 6.53. The summed E-state index contributed by atoms with van der Waals surface area (Å²) in [4.78, 5) is 12.3. The van der Waals surface area contributed by atoms with Crippen molar-refractivity contribution in [2.45, 2.75) is 31.7 Å². The molecule has 2 N–H and O–H groups in total. The van der Waals surface area contributed by atoms with E-state index in [-0.39, 0.29) is 17.7 Å². The lowest BCUT2D eigenvalue weighted by Gasteiger charge is -2.25. The van der Waals surface area contributed by atoms with Crippen molar-refractivity contribution >= 4 is 29.0 Å².